The van der Waals surface area contributed by atoms with E-state index >= 15 is 0 Å². The first kappa shape index (κ1) is 29.1. The van der Waals surface area contributed by atoms with Gasteiger partial charge in [-0.2, -0.15) is 0 Å². The Morgan fingerprint density at radius 1 is 1.00 bits per heavy atom. The molecule has 0 bridgehead atoms. The van der Waals surface area contributed by atoms with E-state index in [0.29, 0.717) is 47.8 Å². The van der Waals surface area contributed by atoms with Gasteiger partial charge in [0, 0.05) is 19.5 Å². The fraction of sp³-hybridized carbons (Fsp3) is 0.259. The molecule has 2 amide bonds. The van der Waals surface area contributed by atoms with Gasteiger partial charge in [0.1, 0.15) is 5.76 Å². The molecule has 0 spiro atoms. The molecule has 0 unspecified atom stereocenters. The third-order valence-corrected chi connectivity index (χ3v) is 7.88. The molecule has 40 heavy (non-hydrogen) atoms. The van der Waals surface area contributed by atoms with Crippen LogP contribution in [0.1, 0.15) is 24.2 Å². The number of nitrogens with one attached hydrogen (secondary N) is 2. The third kappa shape index (κ3) is 8.04. The molecule has 0 saturated heterocycles. The quantitative estimate of drug-likeness (QED) is 0.159. The molecule has 11 nitrogen and oxygen atoms in total. The summed E-state index contributed by atoms with van der Waals surface area (Å²) in [5.74, 6) is 0.294. The molecule has 0 fully saturated rings. The minimum atomic E-state index is -3.76. The molecule has 210 valence electrons. The summed E-state index contributed by atoms with van der Waals surface area (Å²) in [6, 6.07) is 16.7. The molecule has 2 heterocycles. The van der Waals surface area contributed by atoms with Gasteiger partial charge in [-0.3, -0.25) is 19.0 Å². The van der Waals surface area contributed by atoms with Crippen molar-refractivity contribution in [2.45, 2.75) is 42.4 Å². The first-order chi connectivity index (χ1) is 19.2. The lowest BCUT2D eigenvalue weighted by molar-refractivity contribution is -0.121. The van der Waals surface area contributed by atoms with Gasteiger partial charge in [-0.25, -0.2) is 18.5 Å². The van der Waals surface area contributed by atoms with Gasteiger partial charge in [-0.05, 0) is 54.8 Å². The van der Waals surface area contributed by atoms with Crippen molar-refractivity contribution < 1.29 is 22.4 Å². The Labute approximate surface area is 235 Å². The van der Waals surface area contributed by atoms with Crippen LogP contribution in [0.4, 0.5) is 0 Å². The fourth-order valence-electron chi connectivity index (χ4n) is 3.91. The number of benzene rings is 2. The zero-order chi connectivity index (χ0) is 28.5. The Kier molecular flexibility index (Phi) is 9.74. The smallest absolute Gasteiger partial charge is 0.262 e. The predicted molar refractivity (Wildman–Crippen MR) is 151 cm³/mol. The van der Waals surface area contributed by atoms with Crippen molar-refractivity contribution in [1.29, 1.82) is 0 Å². The van der Waals surface area contributed by atoms with Crippen LogP contribution in [-0.4, -0.2) is 42.1 Å². The Morgan fingerprint density at radius 3 is 2.50 bits per heavy atom. The van der Waals surface area contributed by atoms with Crippen molar-refractivity contribution in [3.8, 4) is 0 Å². The molecule has 0 aliphatic heterocycles. The number of thioether (sulfide) groups is 1. The van der Waals surface area contributed by atoms with Crippen LogP contribution in [0.15, 0.2) is 86.2 Å². The maximum absolute atomic E-state index is 13.2. The summed E-state index contributed by atoms with van der Waals surface area (Å²) >= 11 is 1.15. The topological polar surface area (TPSA) is 166 Å². The molecule has 0 radical (unpaired) electrons. The van der Waals surface area contributed by atoms with Gasteiger partial charge in [0.15, 0.2) is 5.16 Å². The van der Waals surface area contributed by atoms with Gasteiger partial charge in [0.25, 0.3) is 5.56 Å². The van der Waals surface area contributed by atoms with E-state index in [2.05, 4.69) is 15.6 Å². The number of primary sulfonamides is 1. The summed E-state index contributed by atoms with van der Waals surface area (Å²) in [5.41, 5.74) is 1.15. The highest BCUT2D eigenvalue weighted by Crippen LogP contribution is 2.18. The number of hydrogen-bond acceptors (Lipinski definition) is 8. The van der Waals surface area contributed by atoms with Crippen molar-refractivity contribution in [2.75, 3.05) is 12.3 Å². The molecule has 0 aliphatic carbocycles. The Bertz CT molecular complexity index is 1630. The zero-order valence-electron chi connectivity index (χ0n) is 21.5. The number of furan rings is 1. The third-order valence-electron chi connectivity index (χ3n) is 5.97. The van der Waals surface area contributed by atoms with Gasteiger partial charge in [-0.15, -0.1) is 0 Å². The molecule has 0 saturated carbocycles. The summed E-state index contributed by atoms with van der Waals surface area (Å²) in [4.78, 5) is 42.6. The minimum absolute atomic E-state index is 0.0279. The van der Waals surface area contributed by atoms with Gasteiger partial charge in [0.2, 0.25) is 21.8 Å². The molecule has 13 heteroatoms. The van der Waals surface area contributed by atoms with Gasteiger partial charge < -0.3 is 15.1 Å². The highest BCUT2D eigenvalue weighted by atomic mass is 32.2. The molecule has 4 N–H and O–H groups in total. The summed E-state index contributed by atoms with van der Waals surface area (Å²) in [5, 5.41) is 11.6. The lowest BCUT2D eigenvalue weighted by atomic mass is 10.1. The molecule has 0 aliphatic rings. The zero-order valence-corrected chi connectivity index (χ0v) is 23.2. The maximum atomic E-state index is 13.2. The standard InChI is InChI=1S/C27H29N5O6S2/c28-40(36,37)21-11-9-19(10-12-21)13-14-29-25(34)18-39-27-31-23-7-2-1-6-22(23)26(35)32(27)15-3-8-24(33)30-17-20-5-4-16-38-20/h1-2,4-7,9-12,16H,3,8,13-15,17-18H2,(H,29,34)(H,30,33)(H2,28,36,37). The van der Waals surface area contributed by atoms with Crippen LogP contribution in [0.5, 0.6) is 0 Å². The number of aromatic nitrogens is 2. The van der Waals surface area contributed by atoms with Crippen molar-refractivity contribution in [2.24, 2.45) is 5.14 Å². The van der Waals surface area contributed by atoms with Crippen LogP contribution < -0.4 is 21.3 Å². The minimum Gasteiger partial charge on any atom is -0.467 e. The van der Waals surface area contributed by atoms with Crippen LogP contribution >= 0.6 is 11.8 Å². The molecule has 2 aromatic carbocycles. The second-order valence-corrected chi connectivity index (χ2v) is 11.4. The van der Waals surface area contributed by atoms with E-state index in [-0.39, 0.29) is 41.0 Å². The average molecular weight is 584 g/mol. The first-order valence-electron chi connectivity index (χ1n) is 12.5. The molecular formula is C27H29N5O6S2. The fourth-order valence-corrected chi connectivity index (χ4v) is 5.28. The Morgan fingerprint density at radius 2 is 1.77 bits per heavy atom. The second kappa shape index (κ2) is 13.4. The van der Waals surface area contributed by atoms with E-state index in [4.69, 9.17) is 9.56 Å². The van der Waals surface area contributed by atoms with Crippen molar-refractivity contribution in [1.82, 2.24) is 20.2 Å². The Balaban J connectivity index is 1.33. The van der Waals surface area contributed by atoms with E-state index in [9.17, 15) is 22.8 Å². The first-order valence-corrected chi connectivity index (χ1v) is 15.0. The highest BCUT2D eigenvalue weighted by molar-refractivity contribution is 7.99. The highest BCUT2D eigenvalue weighted by Gasteiger charge is 2.14. The van der Waals surface area contributed by atoms with Crippen LogP contribution in [-0.2, 0) is 39.1 Å². The number of nitrogens with two attached hydrogens (primary N) is 1. The summed E-state index contributed by atoms with van der Waals surface area (Å²) in [6.07, 6.45) is 2.66. The number of carbonyl (C=O) groups is 2. The number of carbonyl (C=O) groups excluding carboxylic acids is 2. The van der Waals surface area contributed by atoms with Crippen LogP contribution in [0.2, 0.25) is 0 Å². The van der Waals surface area contributed by atoms with E-state index in [1.165, 1.54) is 23.0 Å². The van der Waals surface area contributed by atoms with Crippen LogP contribution in [0.25, 0.3) is 10.9 Å². The number of rotatable bonds is 13. The number of hydrogen-bond donors (Lipinski definition) is 3. The summed E-state index contributed by atoms with van der Waals surface area (Å²) in [6.45, 7) is 0.906. The van der Waals surface area contributed by atoms with Crippen molar-refractivity contribution >= 4 is 44.5 Å². The number of para-hydroxylation sites is 1. The van der Waals surface area contributed by atoms with E-state index < -0.39 is 10.0 Å². The van der Waals surface area contributed by atoms with E-state index in [1.807, 2.05) is 0 Å². The van der Waals surface area contributed by atoms with Crippen LogP contribution in [0, 0.1) is 0 Å². The van der Waals surface area contributed by atoms with Gasteiger partial charge >= 0.3 is 0 Å². The molecular weight excluding hydrogens is 554 g/mol. The predicted octanol–water partition coefficient (Wildman–Crippen LogP) is 2.18. The normalized spacial score (nSPS) is 11.4. The van der Waals surface area contributed by atoms with Gasteiger partial charge in [0.05, 0.1) is 34.4 Å². The number of sulfonamides is 1. The average Bonchev–Trinajstić information content (AvgIpc) is 3.46. The maximum Gasteiger partial charge on any atom is 0.262 e. The van der Waals surface area contributed by atoms with E-state index in [1.54, 1.807) is 48.5 Å². The van der Waals surface area contributed by atoms with E-state index in [0.717, 1.165) is 17.3 Å². The SMILES string of the molecule is NS(=O)(=O)c1ccc(CCNC(=O)CSc2nc3ccccc3c(=O)n2CCCC(=O)NCc2ccco2)cc1. The molecule has 4 aromatic rings. The molecule has 0 atom stereocenters. The van der Waals surface area contributed by atoms with Gasteiger partial charge in [-0.1, -0.05) is 36.0 Å². The monoisotopic (exact) mass is 583 g/mol. The Hall–Kier alpha value is -3.94. The second-order valence-electron chi connectivity index (χ2n) is 8.91. The summed E-state index contributed by atoms with van der Waals surface area (Å²) in [7, 11) is -3.76. The number of nitrogens with zero attached hydrogens (tertiary/aromatic N) is 2. The largest absolute Gasteiger partial charge is 0.467 e. The summed E-state index contributed by atoms with van der Waals surface area (Å²) < 4.78 is 29.5. The van der Waals surface area contributed by atoms with Crippen molar-refractivity contribution in [3.63, 3.8) is 0 Å². The van der Waals surface area contributed by atoms with Crippen molar-refractivity contribution in [3.05, 3.63) is 88.6 Å². The molecule has 2 aromatic heterocycles. The van der Waals surface area contributed by atoms with Crippen LogP contribution in [0.3, 0.4) is 0 Å². The lowest BCUT2D eigenvalue weighted by Gasteiger charge is -2.13. The number of amides is 2. The lowest BCUT2D eigenvalue weighted by Crippen LogP contribution is -2.29. The molecule has 4 rings (SSSR count). The number of fused-ring (bicyclic) bond motifs is 1.